The van der Waals surface area contributed by atoms with Crippen molar-refractivity contribution in [2.24, 2.45) is 0 Å². The smallest absolute Gasteiger partial charge is 0.0795 e. The molecule has 1 aromatic carbocycles. The second kappa shape index (κ2) is 3.50. The van der Waals surface area contributed by atoms with Crippen molar-refractivity contribution in [1.29, 1.82) is 0 Å². The van der Waals surface area contributed by atoms with Gasteiger partial charge in [-0.15, -0.1) is 0 Å². The monoisotopic (exact) mass is 187 g/mol. The average molecular weight is 187 g/mol. The molecule has 0 fully saturated rings. The van der Waals surface area contributed by atoms with E-state index in [9.17, 15) is 0 Å². The van der Waals surface area contributed by atoms with Crippen molar-refractivity contribution < 1.29 is 0 Å². The minimum Gasteiger partial charge on any atom is -0.0846 e. The highest BCUT2D eigenvalue weighted by molar-refractivity contribution is 6.76. The minimum atomic E-state index is -0.286. The summed E-state index contributed by atoms with van der Waals surface area (Å²) in [6.45, 7) is 4.75. The summed E-state index contributed by atoms with van der Waals surface area (Å²) in [5.41, 5.74) is 3.07. The number of fused-ring (bicyclic) bond motifs is 1. The Morgan fingerprint density at radius 3 is 2.69 bits per heavy atom. The number of allylic oxidation sites excluding steroid dienone is 1. The molecule has 0 N–H and O–H groups in total. The third kappa shape index (κ3) is 1.61. The van der Waals surface area contributed by atoms with E-state index in [4.69, 9.17) is 0 Å². The number of benzene rings is 1. The van der Waals surface area contributed by atoms with E-state index < -0.39 is 0 Å². The van der Waals surface area contributed by atoms with E-state index in [0.717, 1.165) is 0 Å². The van der Waals surface area contributed by atoms with E-state index in [1.54, 1.807) is 10.8 Å². The van der Waals surface area contributed by atoms with Crippen LogP contribution in [0.5, 0.6) is 0 Å². The maximum absolute atomic E-state index is 2.44. The van der Waals surface area contributed by atoms with E-state index in [1.807, 2.05) is 0 Å². The molecule has 1 heteroatoms. The van der Waals surface area contributed by atoms with Crippen LogP contribution in [-0.2, 0) is 6.42 Å². The fraction of sp³-hybridized carbons (Fsp3) is 0.333. The number of rotatable bonds is 1. The molecule has 1 aliphatic carbocycles. The quantitative estimate of drug-likeness (QED) is 0.592. The average Bonchev–Trinajstić information content (AvgIpc) is 2.17. The van der Waals surface area contributed by atoms with Crippen LogP contribution >= 0.6 is 0 Å². The highest BCUT2D eigenvalue weighted by atomic mass is 28.3. The van der Waals surface area contributed by atoms with Gasteiger partial charge in [0.05, 0.1) is 8.80 Å². The lowest BCUT2D eigenvalue weighted by Crippen LogP contribution is -2.10. The Morgan fingerprint density at radius 1 is 1.15 bits per heavy atom. The van der Waals surface area contributed by atoms with Crippen LogP contribution in [0.1, 0.15) is 17.5 Å². The van der Waals surface area contributed by atoms with Gasteiger partial charge in [-0.2, -0.15) is 0 Å². The fourth-order valence-corrected chi connectivity index (χ4v) is 3.29. The zero-order chi connectivity index (χ0) is 9.26. The molecular formula is C12H15Si. The Morgan fingerprint density at radius 2 is 1.92 bits per heavy atom. The molecule has 13 heavy (non-hydrogen) atoms. The Balaban J connectivity index is 2.47. The van der Waals surface area contributed by atoms with Crippen molar-refractivity contribution in [2.45, 2.75) is 25.9 Å². The topological polar surface area (TPSA) is 0 Å². The van der Waals surface area contributed by atoms with Crippen molar-refractivity contribution in [3.8, 4) is 0 Å². The summed E-state index contributed by atoms with van der Waals surface area (Å²) in [6, 6.07) is 8.85. The molecule has 0 aromatic heterocycles. The Labute approximate surface area is 81.9 Å². The van der Waals surface area contributed by atoms with Crippen LogP contribution in [0.25, 0.3) is 5.20 Å². The molecule has 0 nitrogen and oxygen atoms in total. The van der Waals surface area contributed by atoms with E-state index in [-0.39, 0.29) is 8.80 Å². The van der Waals surface area contributed by atoms with Crippen LogP contribution in [-0.4, -0.2) is 8.80 Å². The maximum atomic E-state index is 2.44. The lowest BCUT2D eigenvalue weighted by molar-refractivity contribution is 0.982. The first-order valence-electron chi connectivity index (χ1n) is 4.88. The van der Waals surface area contributed by atoms with Crippen LogP contribution in [0.4, 0.5) is 0 Å². The SMILES string of the molecule is C[Si](C)C1=CCCc2ccccc21. The second-order valence-electron chi connectivity index (χ2n) is 3.81. The zero-order valence-electron chi connectivity index (χ0n) is 8.30. The number of hydrogen-bond acceptors (Lipinski definition) is 0. The zero-order valence-corrected chi connectivity index (χ0v) is 9.30. The van der Waals surface area contributed by atoms with E-state index in [0.29, 0.717) is 0 Å². The highest BCUT2D eigenvalue weighted by Gasteiger charge is 2.14. The molecule has 0 heterocycles. The molecule has 0 saturated heterocycles. The summed E-state index contributed by atoms with van der Waals surface area (Å²) in [5.74, 6) is 0. The summed E-state index contributed by atoms with van der Waals surface area (Å²) in [5, 5.41) is 1.63. The Kier molecular flexibility index (Phi) is 2.36. The van der Waals surface area contributed by atoms with Crippen molar-refractivity contribution >= 4 is 14.0 Å². The van der Waals surface area contributed by atoms with Gasteiger partial charge in [0.25, 0.3) is 0 Å². The number of hydrogen-bond donors (Lipinski definition) is 0. The molecule has 0 bridgehead atoms. The van der Waals surface area contributed by atoms with E-state index in [1.165, 1.54) is 18.4 Å². The minimum absolute atomic E-state index is 0.286. The van der Waals surface area contributed by atoms with Crippen LogP contribution in [0.15, 0.2) is 30.3 Å². The predicted octanol–water partition coefficient (Wildman–Crippen LogP) is 3.31. The molecule has 0 spiro atoms. The van der Waals surface area contributed by atoms with Crippen LogP contribution in [0.3, 0.4) is 0 Å². The van der Waals surface area contributed by atoms with Gasteiger partial charge in [-0.25, -0.2) is 0 Å². The third-order valence-electron chi connectivity index (χ3n) is 2.61. The van der Waals surface area contributed by atoms with Crippen molar-refractivity contribution in [3.05, 3.63) is 41.5 Å². The molecule has 1 radical (unpaired) electrons. The molecule has 1 aliphatic rings. The van der Waals surface area contributed by atoms with E-state index in [2.05, 4.69) is 43.4 Å². The van der Waals surface area contributed by atoms with Crippen molar-refractivity contribution in [3.63, 3.8) is 0 Å². The molecule has 67 valence electrons. The lowest BCUT2D eigenvalue weighted by Gasteiger charge is -2.19. The van der Waals surface area contributed by atoms with Crippen LogP contribution in [0.2, 0.25) is 13.1 Å². The molecule has 1 aromatic rings. The van der Waals surface area contributed by atoms with Gasteiger partial charge >= 0.3 is 0 Å². The van der Waals surface area contributed by atoms with Gasteiger partial charge in [0.2, 0.25) is 0 Å². The summed E-state index contributed by atoms with van der Waals surface area (Å²) in [4.78, 5) is 0. The van der Waals surface area contributed by atoms with Gasteiger partial charge in [0.1, 0.15) is 0 Å². The predicted molar refractivity (Wildman–Crippen MR) is 60.2 cm³/mol. The van der Waals surface area contributed by atoms with Gasteiger partial charge in [0, 0.05) is 0 Å². The summed E-state index contributed by atoms with van der Waals surface area (Å²) < 4.78 is 0. The molecule has 0 atom stereocenters. The first-order chi connectivity index (χ1) is 6.29. The molecule has 0 unspecified atom stereocenters. The maximum Gasteiger partial charge on any atom is 0.0795 e. The second-order valence-corrected chi connectivity index (χ2v) is 6.35. The van der Waals surface area contributed by atoms with Gasteiger partial charge in [0.15, 0.2) is 0 Å². The van der Waals surface area contributed by atoms with Gasteiger partial charge in [-0.05, 0) is 24.0 Å². The highest BCUT2D eigenvalue weighted by Crippen LogP contribution is 2.27. The summed E-state index contributed by atoms with van der Waals surface area (Å²) in [7, 11) is -0.286. The first-order valence-corrected chi connectivity index (χ1v) is 7.38. The first kappa shape index (κ1) is 8.76. The van der Waals surface area contributed by atoms with Crippen LogP contribution < -0.4 is 0 Å². The summed E-state index contributed by atoms with van der Waals surface area (Å²) >= 11 is 0. The van der Waals surface area contributed by atoms with Gasteiger partial charge in [-0.3, -0.25) is 0 Å². The van der Waals surface area contributed by atoms with Gasteiger partial charge in [-0.1, -0.05) is 48.6 Å². The van der Waals surface area contributed by atoms with Crippen molar-refractivity contribution in [1.82, 2.24) is 0 Å². The molecule has 2 rings (SSSR count). The fourth-order valence-electron chi connectivity index (χ4n) is 1.96. The Bertz CT molecular complexity index is 337. The Hall–Kier alpha value is -0.823. The van der Waals surface area contributed by atoms with Gasteiger partial charge < -0.3 is 0 Å². The third-order valence-corrected chi connectivity index (χ3v) is 4.16. The molecule has 0 aliphatic heterocycles. The standard InChI is InChI=1S/C12H15Si/c1-13(2)12-9-5-7-10-6-3-4-8-11(10)12/h3-4,6,8-9H,5,7H2,1-2H3. The number of aryl methyl sites for hydroxylation is 1. The molecular weight excluding hydrogens is 172 g/mol. The molecule has 0 amide bonds. The van der Waals surface area contributed by atoms with Crippen LogP contribution in [0, 0.1) is 0 Å². The summed E-state index contributed by atoms with van der Waals surface area (Å²) in [6.07, 6.45) is 4.91. The lowest BCUT2D eigenvalue weighted by atomic mass is 9.97. The molecule has 0 saturated carbocycles. The van der Waals surface area contributed by atoms with E-state index >= 15 is 0 Å². The largest absolute Gasteiger partial charge is 0.0846 e. The normalized spacial score (nSPS) is 15.5. The van der Waals surface area contributed by atoms with Crippen molar-refractivity contribution in [2.75, 3.05) is 0 Å².